The van der Waals surface area contributed by atoms with Gasteiger partial charge in [-0.25, -0.2) is 0 Å². The van der Waals surface area contributed by atoms with Gasteiger partial charge in [-0.2, -0.15) is 0 Å². The van der Waals surface area contributed by atoms with Crippen molar-refractivity contribution in [2.24, 2.45) is 0 Å². The van der Waals surface area contributed by atoms with Crippen LogP contribution in [-0.2, 0) is 0 Å². The third-order valence-corrected chi connectivity index (χ3v) is 0.926. The molecule has 0 aliphatic heterocycles. The Morgan fingerprint density at radius 1 is 1.12 bits per heavy atom. The van der Waals surface area contributed by atoms with Crippen molar-refractivity contribution in [2.75, 3.05) is 0 Å². The highest BCUT2D eigenvalue weighted by Gasteiger charge is 1.88. The Morgan fingerprint density at radius 3 is 2.12 bits per heavy atom. The maximum atomic E-state index is 11.6. The van der Waals surface area contributed by atoms with Crippen LogP contribution in [0.5, 0.6) is 0 Å². The summed E-state index contributed by atoms with van der Waals surface area (Å²) in [7, 11) is 0.583. The molecule has 0 aromatic heterocycles. The Bertz CT molecular complexity index is 150. The van der Waals surface area contributed by atoms with E-state index in [1.54, 1.807) is 24.3 Å². The standard InChI is InChI=1S/C6H5BF/c8-7-6-4-2-1-3-5-6/h1-5H. The lowest BCUT2D eigenvalue weighted by Gasteiger charge is -1.85. The van der Waals surface area contributed by atoms with Crippen LogP contribution < -0.4 is 5.46 Å². The van der Waals surface area contributed by atoms with Crippen LogP contribution in [0.1, 0.15) is 0 Å². The lowest BCUT2D eigenvalue weighted by Crippen LogP contribution is -2.06. The number of benzene rings is 1. The SMILES string of the molecule is F[B]c1ccccc1. The quantitative estimate of drug-likeness (QED) is 0.467. The highest BCUT2D eigenvalue weighted by Crippen LogP contribution is 1.79. The summed E-state index contributed by atoms with van der Waals surface area (Å²) in [6, 6.07) is 8.86. The smallest absolute Gasteiger partial charge is 0.335 e. The van der Waals surface area contributed by atoms with E-state index in [1.807, 2.05) is 6.07 Å². The van der Waals surface area contributed by atoms with Crippen LogP contribution >= 0.6 is 0 Å². The second-order valence-corrected chi connectivity index (χ2v) is 1.52. The lowest BCUT2D eigenvalue weighted by molar-refractivity contribution is 0.885. The molecule has 1 radical (unpaired) electrons. The van der Waals surface area contributed by atoms with Crippen molar-refractivity contribution in [3.63, 3.8) is 0 Å². The van der Waals surface area contributed by atoms with Gasteiger partial charge in [0.15, 0.2) is 0 Å². The third kappa shape index (κ3) is 1.09. The van der Waals surface area contributed by atoms with Gasteiger partial charge in [0, 0.05) is 0 Å². The lowest BCUT2D eigenvalue weighted by atomic mass is 9.92. The van der Waals surface area contributed by atoms with Crippen LogP contribution in [0.4, 0.5) is 4.32 Å². The van der Waals surface area contributed by atoms with E-state index in [2.05, 4.69) is 0 Å². The van der Waals surface area contributed by atoms with Gasteiger partial charge >= 0.3 is 7.56 Å². The first-order chi connectivity index (χ1) is 3.93. The van der Waals surface area contributed by atoms with Crippen LogP contribution in [0, 0.1) is 0 Å². The van der Waals surface area contributed by atoms with Gasteiger partial charge in [-0.05, 0) is 5.46 Å². The van der Waals surface area contributed by atoms with Gasteiger partial charge in [-0.1, -0.05) is 30.3 Å². The maximum absolute atomic E-state index is 11.6. The van der Waals surface area contributed by atoms with E-state index < -0.39 is 0 Å². The normalized spacial score (nSPS) is 8.62. The molecular formula is C6H5BF. The van der Waals surface area contributed by atoms with E-state index in [0.717, 1.165) is 0 Å². The molecule has 39 valence electrons. The van der Waals surface area contributed by atoms with Crippen LogP contribution in [0.3, 0.4) is 0 Å². The van der Waals surface area contributed by atoms with Crippen molar-refractivity contribution in [2.45, 2.75) is 0 Å². The summed E-state index contributed by atoms with van der Waals surface area (Å²) >= 11 is 0. The van der Waals surface area contributed by atoms with Crippen LogP contribution in [0.25, 0.3) is 0 Å². The molecule has 0 fully saturated rings. The molecule has 0 aliphatic rings. The van der Waals surface area contributed by atoms with E-state index in [9.17, 15) is 4.32 Å². The first kappa shape index (κ1) is 5.35. The summed E-state index contributed by atoms with van der Waals surface area (Å²) in [5.41, 5.74) is 0.618. The van der Waals surface area contributed by atoms with Crippen molar-refractivity contribution in [3.05, 3.63) is 30.3 Å². The molecule has 0 saturated carbocycles. The van der Waals surface area contributed by atoms with Crippen molar-refractivity contribution in [3.8, 4) is 0 Å². The van der Waals surface area contributed by atoms with Crippen molar-refractivity contribution < 1.29 is 4.32 Å². The first-order valence-electron chi connectivity index (χ1n) is 2.42. The zero-order valence-electron chi connectivity index (χ0n) is 4.34. The maximum Gasteiger partial charge on any atom is 0.391 e. The summed E-state index contributed by atoms with van der Waals surface area (Å²) < 4.78 is 11.6. The van der Waals surface area contributed by atoms with Crippen LogP contribution in [0.2, 0.25) is 0 Å². The molecule has 1 aromatic rings. The molecule has 0 nitrogen and oxygen atoms in total. The number of hydrogen-bond acceptors (Lipinski definition) is 0. The van der Waals surface area contributed by atoms with Crippen molar-refractivity contribution >= 4 is 13.0 Å². The van der Waals surface area contributed by atoms with Gasteiger partial charge in [0.1, 0.15) is 0 Å². The third-order valence-electron chi connectivity index (χ3n) is 0.926. The fourth-order valence-corrected chi connectivity index (χ4v) is 0.526. The zero-order chi connectivity index (χ0) is 5.82. The Hall–Kier alpha value is -0.785. The first-order valence-corrected chi connectivity index (χ1v) is 2.42. The van der Waals surface area contributed by atoms with E-state index >= 15 is 0 Å². The monoisotopic (exact) mass is 107 g/mol. The van der Waals surface area contributed by atoms with E-state index in [0.29, 0.717) is 13.0 Å². The molecule has 0 amide bonds. The summed E-state index contributed by atoms with van der Waals surface area (Å²) in [5.74, 6) is 0. The molecular weight excluding hydrogens is 102 g/mol. The molecule has 0 saturated heterocycles. The van der Waals surface area contributed by atoms with Gasteiger partial charge in [0.25, 0.3) is 0 Å². The highest BCUT2D eigenvalue weighted by atomic mass is 19.1. The molecule has 0 unspecified atom stereocenters. The van der Waals surface area contributed by atoms with Gasteiger partial charge in [-0.15, -0.1) is 0 Å². The predicted octanol–water partition coefficient (Wildman–Crippen LogP) is 0.901. The Kier molecular flexibility index (Phi) is 1.68. The Morgan fingerprint density at radius 2 is 1.75 bits per heavy atom. The van der Waals surface area contributed by atoms with E-state index in [1.165, 1.54) is 0 Å². The molecule has 0 heterocycles. The summed E-state index contributed by atoms with van der Waals surface area (Å²) in [5, 5.41) is 0. The Labute approximate surface area is 48.6 Å². The molecule has 2 heteroatoms. The molecule has 0 aliphatic carbocycles. The topological polar surface area (TPSA) is 0 Å². The summed E-state index contributed by atoms with van der Waals surface area (Å²) in [4.78, 5) is 0. The predicted molar refractivity (Wildman–Crippen MR) is 32.9 cm³/mol. The molecule has 8 heavy (non-hydrogen) atoms. The zero-order valence-corrected chi connectivity index (χ0v) is 4.34. The second-order valence-electron chi connectivity index (χ2n) is 1.52. The average Bonchev–Trinajstić information content (AvgIpc) is 1.90. The van der Waals surface area contributed by atoms with Gasteiger partial charge in [0.05, 0.1) is 0 Å². The minimum absolute atomic E-state index is 0.583. The molecule has 0 spiro atoms. The van der Waals surface area contributed by atoms with E-state index in [-0.39, 0.29) is 0 Å². The Balaban J connectivity index is 2.83. The van der Waals surface area contributed by atoms with Crippen LogP contribution in [-0.4, -0.2) is 7.56 Å². The largest absolute Gasteiger partial charge is 0.391 e. The van der Waals surface area contributed by atoms with Gasteiger partial charge in [-0.3, -0.25) is 0 Å². The number of hydrogen-bond donors (Lipinski definition) is 0. The molecule has 0 atom stereocenters. The fourth-order valence-electron chi connectivity index (χ4n) is 0.526. The molecule has 0 bridgehead atoms. The van der Waals surface area contributed by atoms with Crippen molar-refractivity contribution in [1.29, 1.82) is 0 Å². The minimum atomic E-state index is 0.583. The average molecular weight is 107 g/mol. The van der Waals surface area contributed by atoms with Crippen molar-refractivity contribution in [1.82, 2.24) is 0 Å². The fraction of sp³-hybridized carbons (Fsp3) is 0. The van der Waals surface area contributed by atoms with Gasteiger partial charge < -0.3 is 4.32 Å². The summed E-state index contributed by atoms with van der Waals surface area (Å²) in [6.07, 6.45) is 0. The van der Waals surface area contributed by atoms with Gasteiger partial charge in [0.2, 0.25) is 0 Å². The number of halogens is 1. The van der Waals surface area contributed by atoms with Crippen LogP contribution in [0.15, 0.2) is 30.3 Å². The molecule has 0 N–H and O–H groups in total. The highest BCUT2D eigenvalue weighted by molar-refractivity contribution is 6.46. The summed E-state index contributed by atoms with van der Waals surface area (Å²) in [6.45, 7) is 0. The number of rotatable bonds is 1. The molecule has 1 rings (SSSR count). The second kappa shape index (κ2) is 2.50. The minimum Gasteiger partial charge on any atom is -0.335 e. The molecule has 1 aromatic carbocycles. The van der Waals surface area contributed by atoms with E-state index in [4.69, 9.17) is 0 Å².